The number of aryl methyl sites for hydroxylation is 1. The lowest BCUT2D eigenvalue weighted by Gasteiger charge is -2.16. The Hall–Kier alpha value is -3.10. The van der Waals surface area contributed by atoms with Crippen molar-refractivity contribution >= 4 is 39.2 Å². The normalized spacial score (nSPS) is 11.9. The van der Waals surface area contributed by atoms with Crippen molar-refractivity contribution in [2.75, 3.05) is 12.9 Å². The highest BCUT2D eigenvalue weighted by Gasteiger charge is 2.18. The van der Waals surface area contributed by atoms with Gasteiger partial charge in [0.25, 0.3) is 5.56 Å². The van der Waals surface area contributed by atoms with E-state index in [2.05, 4.69) is 22.4 Å². The number of thioether (sulfide) groups is 1. The molecule has 0 saturated carbocycles. The van der Waals surface area contributed by atoms with Gasteiger partial charge in [-0.05, 0) is 48.9 Å². The summed E-state index contributed by atoms with van der Waals surface area (Å²) in [6.45, 7) is 2.01. The number of methoxy groups -OCH3 is 1. The van der Waals surface area contributed by atoms with Gasteiger partial charge in [-0.3, -0.25) is 14.2 Å². The van der Waals surface area contributed by atoms with E-state index in [1.54, 1.807) is 13.2 Å². The molecule has 4 aromatic rings. The molecule has 2 aromatic heterocycles. The maximum Gasteiger partial charge on any atom is 0.276 e. The SMILES string of the molecule is COc1ccccc1-n1c(SCC(=O)NC(C)CCc2ccccc2)nc2ccsc2c1=O. The summed E-state index contributed by atoms with van der Waals surface area (Å²) in [4.78, 5) is 30.6. The average molecular weight is 480 g/mol. The Kier molecular flexibility index (Phi) is 7.47. The Morgan fingerprint density at radius 1 is 1.15 bits per heavy atom. The number of ether oxygens (including phenoxy) is 1. The quantitative estimate of drug-likeness (QED) is 0.279. The summed E-state index contributed by atoms with van der Waals surface area (Å²) in [5.41, 5.74) is 2.32. The van der Waals surface area contributed by atoms with E-state index in [1.807, 2.05) is 54.8 Å². The maximum absolute atomic E-state index is 13.3. The van der Waals surface area contributed by atoms with Crippen LogP contribution in [0.3, 0.4) is 0 Å². The largest absolute Gasteiger partial charge is 0.495 e. The highest BCUT2D eigenvalue weighted by molar-refractivity contribution is 7.99. The number of thiophene rings is 1. The third-order valence-corrected chi connectivity index (χ3v) is 7.05. The number of nitrogens with one attached hydrogen (secondary N) is 1. The molecule has 170 valence electrons. The molecule has 2 heterocycles. The number of aromatic nitrogens is 2. The van der Waals surface area contributed by atoms with Crippen molar-refractivity contribution in [3.63, 3.8) is 0 Å². The number of hydrogen-bond acceptors (Lipinski definition) is 6. The fourth-order valence-electron chi connectivity index (χ4n) is 3.56. The Bertz CT molecular complexity index is 1300. The van der Waals surface area contributed by atoms with Crippen molar-refractivity contribution in [3.05, 3.63) is 82.0 Å². The van der Waals surface area contributed by atoms with Gasteiger partial charge in [0.15, 0.2) is 5.16 Å². The number of hydrogen-bond donors (Lipinski definition) is 1. The molecule has 2 aromatic carbocycles. The standard InChI is InChI=1S/C25H25N3O3S2/c1-17(12-13-18-8-4-3-5-9-18)26-22(29)16-33-25-27-19-14-15-32-23(19)24(30)28(25)20-10-6-7-11-21(20)31-2/h3-11,14-15,17H,12-13,16H2,1-2H3,(H,26,29). The summed E-state index contributed by atoms with van der Waals surface area (Å²) in [6, 6.07) is 19.4. The van der Waals surface area contributed by atoms with Gasteiger partial charge < -0.3 is 10.1 Å². The number of fused-ring (bicyclic) bond motifs is 1. The van der Waals surface area contributed by atoms with Gasteiger partial charge in [-0.1, -0.05) is 54.2 Å². The number of rotatable bonds is 9. The Morgan fingerprint density at radius 2 is 1.91 bits per heavy atom. The van der Waals surface area contributed by atoms with Gasteiger partial charge in [0.1, 0.15) is 10.4 Å². The smallest absolute Gasteiger partial charge is 0.276 e. The topological polar surface area (TPSA) is 73.2 Å². The van der Waals surface area contributed by atoms with Crippen molar-refractivity contribution < 1.29 is 9.53 Å². The van der Waals surface area contributed by atoms with Crippen molar-refractivity contribution in [1.82, 2.24) is 14.9 Å². The van der Waals surface area contributed by atoms with E-state index < -0.39 is 0 Å². The monoisotopic (exact) mass is 479 g/mol. The van der Waals surface area contributed by atoms with Crippen LogP contribution < -0.4 is 15.6 Å². The molecule has 1 unspecified atom stereocenters. The second-order valence-corrected chi connectivity index (χ2v) is 9.48. The summed E-state index contributed by atoms with van der Waals surface area (Å²) < 4.78 is 7.58. The first-order valence-corrected chi connectivity index (χ1v) is 12.5. The first-order chi connectivity index (χ1) is 16.1. The number of para-hydroxylation sites is 2. The highest BCUT2D eigenvalue weighted by atomic mass is 32.2. The lowest BCUT2D eigenvalue weighted by atomic mass is 10.1. The third kappa shape index (κ3) is 5.46. The number of benzene rings is 2. The summed E-state index contributed by atoms with van der Waals surface area (Å²) in [5.74, 6) is 0.636. The van der Waals surface area contributed by atoms with Gasteiger partial charge >= 0.3 is 0 Å². The van der Waals surface area contributed by atoms with Gasteiger partial charge in [-0.2, -0.15) is 0 Å². The van der Waals surface area contributed by atoms with E-state index in [1.165, 1.54) is 33.2 Å². The molecule has 1 N–H and O–H groups in total. The van der Waals surface area contributed by atoms with Crippen LogP contribution in [0.15, 0.2) is 76.0 Å². The molecular formula is C25H25N3O3S2. The molecule has 6 nitrogen and oxygen atoms in total. The lowest BCUT2D eigenvalue weighted by molar-refractivity contribution is -0.119. The molecule has 1 atom stereocenters. The summed E-state index contributed by atoms with van der Waals surface area (Å²) >= 11 is 2.60. The zero-order valence-corrected chi connectivity index (χ0v) is 20.1. The van der Waals surface area contributed by atoms with Crippen molar-refractivity contribution in [2.24, 2.45) is 0 Å². The van der Waals surface area contributed by atoms with Crippen LogP contribution in [-0.4, -0.2) is 34.4 Å². The van der Waals surface area contributed by atoms with E-state index in [9.17, 15) is 9.59 Å². The maximum atomic E-state index is 13.3. The molecule has 0 aliphatic heterocycles. The molecule has 0 bridgehead atoms. The van der Waals surface area contributed by atoms with Crippen LogP contribution in [0, 0.1) is 0 Å². The van der Waals surface area contributed by atoms with Crippen molar-refractivity contribution in [3.8, 4) is 11.4 Å². The molecule has 33 heavy (non-hydrogen) atoms. The minimum Gasteiger partial charge on any atom is -0.495 e. The van der Waals surface area contributed by atoms with Crippen LogP contribution >= 0.6 is 23.1 Å². The van der Waals surface area contributed by atoms with Gasteiger partial charge in [0.05, 0.1) is 24.1 Å². The number of carbonyl (C=O) groups excluding carboxylic acids is 1. The zero-order chi connectivity index (χ0) is 23.2. The molecule has 0 aliphatic rings. The van der Waals surface area contributed by atoms with E-state index in [0.29, 0.717) is 26.8 Å². The molecule has 1 amide bonds. The summed E-state index contributed by atoms with van der Waals surface area (Å²) in [5, 5.41) is 5.36. The summed E-state index contributed by atoms with van der Waals surface area (Å²) in [6.07, 6.45) is 1.75. The fraction of sp³-hybridized carbons (Fsp3) is 0.240. The van der Waals surface area contributed by atoms with Crippen LogP contribution in [0.1, 0.15) is 18.9 Å². The van der Waals surface area contributed by atoms with Gasteiger partial charge in [-0.15, -0.1) is 11.3 Å². The van der Waals surface area contributed by atoms with E-state index >= 15 is 0 Å². The average Bonchev–Trinajstić information content (AvgIpc) is 3.31. The number of carbonyl (C=O) groups is 1. The molecular weight excluding hydrogens is 454 g/mol. The van der Waals surface area contributed by atoms with Crippen LogP contribution in [0.4, 0.5) is 0 Å². The predicted molar refractivity (Wildman–Crippen MR) is 135 cm³/mol. The Labute approximate surface area is 200 Å². The van der Waals surface area contributed by atoms with Crippen LogP contribution in [0.25, 0.3) is 15.9 Å². The Balaban J connectivity index is 1.50. The molecule has 0 fully saturated rings. The number of amides is 1. The lowest BCUT2D eigenvalue weighted by Crippen LogP contribution is -2.34. The predicted octanol–water partition coefficient (Wildman–Crippen LogP) is 4.69. The second-order valence-electron chi connectivity index (χ2n) is 7.62. The van der Waals surface area contributed by atoms with Crippen molar-refractivity contribution in [1.29, 1.82) is 0 Å². The molecule has 0 radical (unpaired) electrons. The van der Waals surface area contributed by atoms with E-state index in [0.717, 1.165) is 12.8 Å². The van der Waals surface area contributed by atoms with Crippen LogP contribution in [0.5, 0.6) is 5.75 Å². The first-order valence-electron chi connectivity index (χ1n) is 10.7. The van der Waals surface area contributed by atoms with Crippen LogP contribution in [-0.2, 0) is 11.2 Å². The molecule has 8 heteroatoms. The van der Waals surface area contributed by atoms with Gasteiger partial charge in [-0.25, -0.2) is 4.98 Å². The van der Waals surface area contributed by atoms with Gasteiger partial charge in [0, 0.05) is 6.04 Å². The molecule has 0 aliphatic carbocycles. The molecule has 4 rings (SSSR count). The zero-order valence-electron chi connectivity index (χ0n) is 18.5. The van der Waals surface area contributed by atoms with Crippen LogP contribution in [0.2, 0.25) is 0 Å². The first kappa shape index (κ1) is 23.1. The van der Waals surface area contributed by atoms with Crippen molar-refractivity contribution in [2.45, 2.75) is 31.0 Å². The second kappa shape index (κ2) is 10.7. The third-order valence-electron chi connectivity index (χ3n) is 5.22. The van der Waals surface area contributed by atoms with E-state index in [4.69, 9.17) is 4.74 Å². The summed E-state index contributed by atoms with van der Waals surface area (Å²) in [7, 11) is 1.57. The van der Waals surface area contributed by atoms with E-state index in [-0.39, 0.29) is 23.3 Å². The molecule has 0 saturated heterocycles. The minimum absolute atomic E-state index is 0.0435. The number of nitrogens with zero attached hydrogens (tertiary/aromatic N) is 2. The van der Waals surface area contributed by atoms with Gasteiger partial charge in [0.2, 0.25) is 5.91 Å². The highest BCUT2D eigenvalue weighted by Crippen LogP contribution is 2.28. The Morgan fingerprint density at radius 3 is 2.70 bits per heavy atom. The minimum atomic E-state index is -0.168. The molecule has 0 spiro atoms. The fourth-order valence-corrected chi connectivity index (χ4v) is 5.14.